The van der Waals surface area contributed by atoms with E-state index in [0.717, 1.165) is 21.4 Å². The maximum atomic E-state index is 13.4. The average molecular weight is 463 g/mol. The third-order valence-electron chi connectivity index (χ3n) is 5.56. The number of benzene rings is 3. The number of carbonyl (C=O) groups is 2. The van der Waals surface area contributed by atoms with Crippen LogP contribution in [-0.2, 0) is 4.79 Å². The van der Waals surface area contributed by atoms with E-state index in [0.29, 0.717) is 12.0 Å². The molecule has 0 bridgehead atoms. The number of anilines is 2. The van der Waals surface area contributed by atoms with Crippen LogP contribution >= 0.6 is 15.9 Å². The molecule has 0 spiro atoms. The number of hydrogen-bond acceptors (Lipinski definition) is 2. The molecule has 1 aliphatic heterocycles. The molecule has 3 aromatic carbocycles. The van der Waals surface area contributed by atoms with Crippen LogP contribution < -0.4 is 9.80 Å². The molecule has 0 radical (unpaired) electrons. The van der Waals surface area contributed by atoms with Crippen molar-refractivity contribution in [3.05, 3.63) is 94.5 Å². The number of carbonyl (C=O) groups excluding carboxylic acids is 2. The lowest BCUT2D eigenvalue weighted by molar-refractivity contribution is -0.117. The molecule has 1 aliphatic rings. The van der Waals surface area contributed by atoms with E-state index in [1.54, 1.807) is 6.92 Å². The van der Waals surface area contributed by atoms with Crippen LogP contribution in [0.2, 0.25) is 0 Å². The second kappa shape index (κ2) is 8.44. The van der Waals surface area contributed by atoms with Gasteiger partial charge in [0.15, 0.2) is 0 Å². The smallest absolute Gasteiger partial charge is 0.258 e. The molecule has 5 heteroatoms. The van der Waals surface area contributed by atoms with E-state index in [2.05, 4.69) is 15.9 Å². The molecule has 0 aromatic heterocycles. The topological polar surface area (TPSA) is 40.6 Å². The fourth-order valence-electron chi connectivity index (χ4n) is 4.24. The van der Waals surface area contributed by atoms with Crippen LogP contribution in [0.5, 0.6) is 0 Å². The molecule has 30 heavy (non-hydrogen) atoms. The third kappa shape index (κ3) is 3.77. The zero-order valence-corrected chi connectivity index (χ0v) is 18.5. The first kappa shape index (κ1) is 20.4. The quantitative estimate of drug-likeness (QED) is 0.479. The number of rotatable bonds is 3. The van der Waals surface area contributed by atoms with E-state index in [4.69, 9.17) is 0 Å². The molecule has 4 rings (SSSR count). The predicted molar refractivity (Wildman–Crippen MR) is 124 cm³/mol. The van der Waals surface area contributed by atoms with Gasteiger partial charge in [-0.3, -0.25) is 9.59 Å². The molecule has 0 N–H and O–H groups in total. The molecule has 0 fully saturated rings. The molecule has 0 saturated carbocycles. The van der Waals surface area contributed by atoms with Gasteiger partial charge in [0.05, 0.1) is 6.04 Å². The van der Waals surface area contributed by atoms with Crippen LogP contribution in [0.4, 0.5) is 11.4 Å². The van der Waals surface area contributed by atoms with Crippen LogP contribution in [0.15, 0.2) is 83.3 Å². The summed E-state index contributed by atoms with van der Waals surface area (Å²) in [6.45, 7) is 3.64. The van der Waals surface area contributed by atoms with Crippen LogP contribution in [-0.4, -0.2) is 17.9 Å². The minimum atomic E-state index is -0.134. The van der Waals surface area contributed by atoms with Gasteiger partial charge in [-0.05, 0) is 61.4 Å². The van der Waals surface area contributed by atoms with Gasteiger partial charge in [0.1, 0.15) is 0 Å². The van der Waals surface area contributed by atoms with Crippen molar-refractivity contribution in [3.63, 3.8) is 0 Å². The maximum Gasteiger partial charge on any atom is 0.258 e. The maximum absolute atomic E-state index is 13.4. The first-order chi connectivity index (χ1) is 14.5. The van der Waals surface area contributed by atoms with Crippen LogP contribution in [0.3, 0.4) is 0 Å². The van der Waals surface area contributed by atoms with Gasteiger partial charge >= 0.3 is 0 Å². The van der Waals surface area contributed by atoms with Gasteiger partial charge < -0.3 is 9.80 Å². The van der Waals surface area contributed by atoms with Gasteiger partial charge in [-0.2, -0.15) is 0 Å². The Morgan fingerprint density at radius 3 is 2.23 bits per heavy atom. The Bertz CT molecular complexity index is 1070. The molecule has 0 saturated heterocycles. The summed E-state index contributed by atoms with van der Waals surface area (Å²) in [7, 11) is 0. The summed E-state index contributed by atoms with van der Waals surface area (Å²) in [4.78, 5) is 29.8. The first-order valence-electron chi connectivity index (χ1n) is 10.00. The van der Waals surface area contributed by atoms with Gasteiger partial charge in [-0.25, -0.2) is 0 Å². The van der Waals surface area contributed by atoms with Crippen molar-refractivity contribution in [2.45, 2.75) is 32.4 Å². The number of amides is 2. The Balaban J connectivity index is 1.77. The summed E-state index contributed by atoms with van der Waals surface area (Å²) < 4.78 is 0.936. The number of para-hydroxylation sites is 2. The predicted octanol–water partition coefficient (Wildman–Crippen LogP) is 5.98. The van der Waals surface area contributed by atoms with E-state index in [1.165, 1.54) is 0 Å². The van der Waals surface area contributed by atoms with E-state index >= 15 is 0 Å². The van der Waals surface area contributed by atoms with Crippen molar-refractivity contribution in [2.24, 2.45) is 0 Å². The SMILES string of the molecule is CC(=O)N(c1ccccc1)C1CC(C)N(C(=O)c2ccc(Br)cc2)c2ccccc21. The monoisotopic (exact) mass is 462 g/mol. The summed E-state index contributed by atoms with van der Waals surface area (Å²) in [5.41, 5.74) is 3.35. The van der Waals surface area contributed by atoms with Gasteiger partial charge in [0.25, 0.3) is 5.91 Å². The number of fused-ring (bicyclic) bond motifs is 1. The highest BCUT2D eigenvalue weighted by Crippen LogP contribution is 2.42. The molecule has 2 atom stereocenters. The number of hydrogen-bond donors (Lipinski definition) is 0. The van der Waals surface area contributed by atoms with E-state index in [9.17, 15) is 9.59 Å². The molecule has 0 aliphatic carbocycles. The molecule has 2 unspecified atom stereocenters. The van der Waals surface area contributed by atoms with Gasteiger partial charge in [0, 0.05) is 34.4 Å². The highest BCUT2D eigenvalue weighted by Gasteiger charge is 2.37. The lowest BCUT2D eigenvalue weighted by Crippen LogP contribution is -2.47. The Labute approximate surface area is 185 Å². The van der Waals surface area contributed by atoms with Crippen molar-refractivity contribution >= 4 is 39.1 Å². The van der Waals surface area contributed by atoms with Gasteiger partial charge in [0.2, 0.25) is 5.91 Å². The van der Waals surface area contributed by atoms with Crippen molar-refractivity contribution in [3.8, 4) is 0 Å². The van der Waals surface area contributed by atoms with Gasteiger partial charge in [-0.15, -0.1) is 0 Å². The second-order valence-electron chi connectivity index (χ2n) is 7.57. The Morgan fingerprint density at radius 2 is 1.57 bits per heavy atom. The fraction of sp³-hybridized carbons (Fsp3) is 0.200. The normalized spacial score (nSPS) is 17.9. The minimum absolute atomic E-state index is 0.0131. The van der Waals surface area contributed by atoms with Crippen LogP contribution in [0.1, 0.15) is 42.2 Å². The highest BCUT2D eigenvalue weighted by molar-refractivity contribution is 9.10. The molecule has 2 amide bonds. The zero-order valence-electron chi connectivity index (χ0n) is 17.0. The Kier molecular flexibility index (Phi) is 5.73. The van der Waals surface area contributed by atoms with Crippen molar-refractivity contribution < 1.29 is 9.59 Å². The van der Waals surface area contributed by atoms with Crippen molar-refractivity contribution in [1.82, 2.24) is 0 Å². The summed E-state index contributed by atoms with van der Waals surface area (Å²) in [6.07, 6.45) is 0.660. The molecule has 152 valence electrons. The van der Waals surface area contributed by atoms with Crippen LogP contribution in [0, 0.1) is 0 Å². The molecule has 3 aromatic rings. The summed E-state index contributed by atoms with van der Waals surface area (Å²) in [6, 6.07) is 24.8. The van der Waals surface area contributed by atoms with Gasteiger partial charge in [-0.1, -0.05) is 52.3 Å². The zero-order chi connectivity index (χ0) is 21.3. The molecular weight excluding hydrogens is 440 g/mol. The van der Waals surface area contributed by atoms with Crippen molar-refractivity contribution in [2.75, 3.05) is 9.80 Å². The molecule has 1 heterocycles. The number of halogens is 1. The summed E-state index contributed by atoms with van der Waals surface area (Å²) in [5.74, 6) is -0.0455. The van der Waals surface area contributed by atoms with E-state index in [-0.39, 0.29) is 23.9 Å². The van der Waals surface area contributed by atoms with E-state index in [1.807, 2.05) is 95.6 Å². The van der Waals surface area contributed by atoms with E-state index < -0.39 is 0 Å². The second-order valence-corrected chi connectivity index (χ2v) is 8.48. The minimum Gasteiger partial charge on any atom is -0.305 e. The van der Waals surface area contributed by atoms with Crippen molar-refractivity contribution in [1.29, 1.82) is 0 Å². The summed E-state index contributed by atoms with van der Waals surface area (Å²) >= 11 is 3.43. The Hall–Kier alpha value is -2.92. The third-order valence-corrected chi connectivity index (χ3v) is 6.08. The Morgan fingerprint density at radius 1 is 0.933 bits per heavy atom. The summed E-state index contributed by atoms with van der Waals surface area (Å²) in [5, 5.41) is 0. The molecular formula is C25H23BrN2O2. The lowest BCUT2D eigenvalue weighted by Gasteiger charge is -2.43. The first-order valence-corrected chi connectivity index (χ1v) is 10.8. The standard InChI is InChI=1S/C25H23BrN2O2/c1-17-16-24(28(18(2)29)21-8-4-3-5-9-21)22-10-6-7-11-23(22)27(17)25(30)19-12-14-20(26)15-13-19/h3-15,17,24H,16H2,1-2H3. The average Bonchev–Trinajstić information content (AvgIpc) is 2.74. The highest BCUT2D eigenvalue weighted by atomic mass is 79.9. The van der Waals surface area contributed by atoms with Crippen LogP contribution in [0.25, 0.3) is 0 Å². The largest absolute Gasteiger partial charge is 0.305 e. The number of nitrogens with zero attached hydrogens (tertiary/aromatic N) is 2. The molecule has 4 nitrogen and oxygen atoms in total. The fourth-order valence-corrected chi connectivity index (χ4v) is 4.50. The lowest BCUT2D eigenvalue weighted by atomic mass is 9.89.